The molecule has 1 heterocycles. The average molecular weight is 791 g/mol. The third kappa shape index (κ3) is 6.84. The molecule has 0 amide bonds. The Hall–Kier alpha value is -8.20. The van der Waals surface area contributed by atoms with E-state index in [1.54, 1.807) is 0 Å². The standard InChI is InChI=1S/C60H42N2/c1-5-16-43(17-6-1)45-28-30-46(31-29-45)48-34-38-53(39-35-48)61(52-36-32-47(33-37-52)44-18-7-2-8-19-44)54-25-15-22-50(42-54)55-40-41-56(49-20-9-3-10-21-49)60-59(55)57-26-13-14-27-58(57)62(60)51-23-11-4-12-24-51/h1-42H. The highest BCUT2D eigenvalue weighted by Gasteiger charge is 2.21. The van der Waals surface area contributed by atoms with Crippen molar-refractivity contribution in [1.82, 2.24) is 4.57 Å². The van der Waals surface area contributed by atoms with Crippen LogP contribution in [-0.4, -0.2) is 4.57 Å². The van der Waals surface area contributed by atoms with Gasteiger partial charge in [-0.15, -0.1) is 0 Å². The summed E-state index contributed by atoms with van der Waals surface area (Å²) in [6.45, 7) is 0. The van der Waals surface area contributed by atoms with Crippen LogP contribution in [0.2, 0.25) is 0 Å². The molecule has 62 heavy (non-hydrogen) atoms. The fraction of sp³-hybridized carbons (Fsp3) is 0. The number of rotatable bonds is 9. The van der Waals surface area contributed by atoms with Crippen molar-refractivity contribution in [3.05, 3.63) is 255 Å². The van der Waals surface area contributed by atoms with Gasteiger partial charge in [-0.3, -0.25) is 0 Å². The van der Waals surface area contributed by atoms with Gasteiger partial charge in [0, 0.05) is 39.1 Å². The third-order valence-electron chi connectivity index (χ3n) is 12.0. The fourth-order valence-electron chi connectivity index (χ4n) is 9.01. The molecule has 2 nitrogen and oxygen atoms in total. The van der Waals surface area contributed by atoms with E-state index in [4.69, 9.17) is 0 Å². The van der Waals surface area contributed by atoms with Crippen LogP contribution >= 0.6 is 0 Å². The van der Waals surface area contributed by atoms with E-state index in [-0.39, 0.29) is 0 Å². The van der Waals surface area contributed by atoms with Crippen molar-refractivity contribution in [1.29, 1.82) is 0 Å². The molecule has 0 saturated carbocycles. The lowest BCUT2D eigenvalue weighted by molar-refractivity contribution is 1.18. The molecule has 0 N–H and O–H groups in total. The van der Waals surface area contributed by atoms with Gasteiger partial charge in [0.25, 0.3) is 0 Å². The monoisotopic (exact) mass is 790 g/mol. The Kier molecular flexibility index (Phi) is 9.57. The average Bonchev–Trinajstić information content (AvgIpc) is 3.71. The first kappa shape index (κ1) is 36.8. The topological polar surface area (TPSA) is 8.17 Å². The summed E-state index contributed by atoms with van der Waals surface area (Å²) in [5, 5.41) is 2.47. The number of nitrogens with zero attached hydrogens (tertiary/aromatic N) is 2. The lowest BCUT2D eigenvalue weighted by atomic mass is 9.94. The van der Waals surface area contributed by atoms with Gasteiger partial charge in [-0.2, -0.15) is 0 Å². The van der Waals surface area contributed by atoms with Gasteiger partial charge in [0.1, 0.15) is 0 Å². The highest BCUT2D eigenvalue weighted by atomic mass is 15.1. The first-order valence-electron chi connectivity index (χ1n) is 21.3. The summed E-state index contributed by atoms with van der Waals surface area (Å²) in [5.41, 5.74) is 18.7. The van der Waals surface area contributed by atoms with E-state index in [2.05, 4.69) is 264 Å². The molecule has 0 spiro atoms. The van der Waals surface area contributed by atoms with Crippen LogP contribution in [0.4, 0.5) is 17.1 Å². The van der Waals surface area contributed by atoms with E-state index in [0.717, 1.165) is 28.3 Å². The van der Waals surface area contributed by atoms with Gasteiger partial charge in [-0.1, -0.05) is 200 Å². The zero-order chi connectivity index (χ0) is 41.2. The van der Waals surface area contributed by atoms with Crippen molar-refractivity contribution >= 4 is 38.9 Å². The van der Waals surface area contributed by atoms with Crippen molar-refractivity contribution in [3.8, 4) is 61.3 Å². The predicted octanol–water partition coefficient (Wildman–Crippen LogP) is 16.6. The Balaban J connectivity index is 1.05. The van der Waals surface area contributed by atoms with E-state index in [9.17, 15) is 0 Å². The summed E-state index contributed by atoms with van der Waals surface area (Å²) < 4.78 is 2.44. The van der Waals surface area contributed by atoms with Gasteiger partial charge in [0.15, 0.2) is 0 Å². The van der Waals surface area contributed by atoms with E-state index in [1.165, 1.54) is 71.9 Å². The Labute approximate surface area is 362 Å². The molecule has 0 unspecified atom stereocenters. The van der Waals surface area contributed by atoms with Crippen molar-refractivity contribution in [3.63, 3.8) is 0 Å². The molecule has 11 aromatic rings. The van der Waals surface area contributed by atoms with Crippen LogP contribution in [0.3, 0.4) is 0 Å². The Morgan fingerprint density at radius 3 is 1.24 bits per heavy atom. The second-order valence-electron chi connectivity index (χ2n) is 15.7. The second kappa shape index (κ2) is 16.1. The minimum atomic E-state index is 1.09. The minimum Gasteiger partial charge on any atom is -0.310 e. The fourth-order valence-corrected chi connectivity index (χ4v) is 9.01. The van der Waals surface area contributed by atoms with Crippen LogP contribution in [-0.2, 0) is 0 Å². The highest BCUT2D eigenvalue weighted by Crippen LogP contribution is 2.45. The Morgan fingerprint density at radius 1 is 0.274 bits per heavy atom. The van der Waals surface area contributed by atoms with Crippen molar-refractivity contribution in [2.75, 3.05) is 4.90 Å². The van der Waals surface area contributed by atoms with Gasteiger partial charge >= 0.3 is 0 Å². The molecule has 0 aliphatic heterocycles. The molecule has 0 radical (unpaired) electrons. The van der Waals surface area contributed by atoms with Crippen LogP contribution in [0.1, 0.15) is 0 Å². The predicted molar refractivity (Wildman–Crippen MR) is 263 cm³/mol. The largest absolute Gasteiger partial charge is 0.310 e. The molecule has 0 saturated heterocycles. The van der Waals surface area contributed by atoms with E-state index in [1.807, 2.05) is 0 Å². The molecule has 0 aliphatic rings. The Bertz CT molecular complexity index is 3280. The summed E-state index contributed by atoms with van der Waals surface area (Å²) in [5.74, 6) is 0. The van der Waals surface area contributed by atoms with Gasteiger partial charge < -0.3 is 9.47 Å². The lowest BCUT2D eigenvalue weighted by Gasteiger charge is -2.26. The number of hydrogen-bond acceptors (Lipinski definition) is 1. The second-order valence-corrected chi connectivity index (χ2v) is 15.7. The number of anilines is 3. The molecule has 10 aromatic carbocycles. The summed E-state index contributed by atoms with van der Waals surface area (Å²) in [4.78, 5) is 2.38. The van der Waals surface area contributed by atoms with Crippen molar-refractivity contribution in [2.45, 2.75) is 0 Å². The Morgan fingerprint density at radius 2 is 0.694 bits per heavy atom. The zero-order valence-electron chi connectivity index (χ0n) is 34.1. The van der Waals surface area contributed by atoms with E-state index in [0.29, 0.717) is 0 Å². The summed E-state index contributed by atoms with van der Waals surface area (Å²) in [7, 11) is 0. The van der Waals surface area contributed by atoms with Crippen LogP contribution < -0.4 is 4.90 Å². The van der Waals surface area contributed by atoms with Crippen LogP contribution in [0.15, 0.2) is 255 Å². The molecule has 0 bridgehead atoms. The van der Waals surface area contributed by atoms with Gasteiger partial charge in [-0.05, 0) is 105 Å². The maximum absolute atomic E-state index is 2.44. The maximum Gasteiger partial charge on any atom is 0.0625 e. The normalized spacial score (nSPS) is 11.2. The molecule has 11 rings (SSSR count). The molecule has 0 aliphatic carbocycles. The van der Waals surface area contributed by atoms with Gasteiger partial charge in [-0.25, -0.2) is 0 Å². The molecule has 1 aromatic heterocycles. The smallest absolute Gasteiger partial charge is 0.0625 e. The summed E-state index contributed by atoms with van der Waals surface area (Å²) in [6, 6.07) is 92.0. The maximum atomic E-state index is 2.44. The van der Waals surface area contributed by atoms with Crippen molar-refractivity contribution < 1.29 is 0 Å². The lowest BCUT2D eigenvalue weighted by Crippen LogP contribution is -2.10. The molecule has 0 fully saturated rings. The molecular formula is C60H42N2. The van der Waals surface area contributed by atoms with Crippen molar-refractivity contribution in [2.24, 2.45) is 0 Å². The van der Waals surface area contributed by atoms with E-state index < -0.39 is 0 Å². The first-order valence-corrected chi connectivity index (χ1v) is 21.3. The first-order chi connectivity index (χ1) is 30.8. The number of hydrogen-bond donors (Lipinski definition) is 0. The van der Waals surface area contributed by atoms with E-state index >= 15 is 0 Å². The van der Waals surface area contributed by atoms with Crippen LogP contribution in [0, 0.1) is 0 Å². The number of aromatic nitrogens is 1. The van der Waals surface area contributed by atoms with Gasteiger partial charge in [0.2, 0.25) is 0 Å². The SMILES string of the molecule is c1ccc(-c2ccc(-c3ccc(N(c4ccc(-c5ccccc5)cc4)c4cccc(-c5ccc(-c6ccccc6)c6c5c5ccccc5n6-c5ccccc5)c4)cc3)cc2)cc1. The molecule has 2 heteroatoms. The third-order valence-corrected chi connectivity index (χ3v) is 12.0. The minimum absolute atomic E-state index is 1.09. The molecular weight excluding hydrogens is 749 g/mol. The van der Waals surface area contributed by atoms with Crippen LogP contribution in [0.25, 0.3) is 83.1 Å². The zero-order valence-corrected chi connectivity index (χ0v) is 34.1. The summed E-state index contributed by atoms with van der Waals surface area (Å²) in [6.07, 6.45) is 0. The van der Waals surface area contributed by atoms with Gasteiger partial charge in [0.05, 0.1) is 11.0 Å². The molecule has 0 atom stereocenters. The van der Waals surface area contributed by atoms with Crippen LogP contribution in [0.5, 0.6) is 0 Å². The number of para-hydroxylation sites is 2. The molecule has 292 valence electrons. The summed E-state index contributed by atoms with van der Waals surface area (Å²) >= 11 is 0. The highest BCUT2D eigenvalue weighted by molar-refractivity contribution is 6.19. The number of fused-ring (bicyclic) bond motifs is 3. The number of benzene rings is 10. The quantitative estimate of drug-likeness (QED) is 0.141.